The van der Waals surface area contributed by atoms with Crippen LogP contribution in [0.25, 0.3) is 0 Å². The molecule has 19 heavy (non-hydrogen) atoms. The number of nitrogens with two attached hydrogens (primary N) is 1. The predicted octanol–water partition coefficient (Wildman–Crippen LogP) is 2.56. The largest absolute Gasteiger partial charge is 0.383 e. The molecule has 0 radical (unpaired) electrons. The molecule has 0 saturated carbocycles. The van der Waals surface area contributed by atoms with E-state index in [4.69, 9.17) is 5.73 Å². The van der Waals surface area contributed by atoms with E-state index in [1.54, 1.807) is 30.3 Å². The van der Waals surface area contributed by atoms with Crippen LogP contribution < -0.4 is 10.6 Å². The highest BCUT2D eigenvalue weighted by molar-refractivity contribution is 6.08. The topological polar surface area (TPSA) is 59.2 Å². The second kappa shape index (κ2) is 5.10. The number of nitrogen functional groups attached to an aromatic ring is 1. The molecule has 2 N–H and O–H groups in total. The van der Waals surface area contributed by atoms with Gasteiger partial charge in [-0.25, -0.2) is 4.98 Å². The van der Waals surface area contributed by atoms with Gasteiger partial charge in [0.1, 0.15) is 5.82 Å². The molecule has 0 aliphatic heterocycles. The van der Waals surface area contributed by atoms with Crippen LogP contribution in [0, 0.1) is 13.8 Å². The number of carbonyl (C=O) groups is 1. The number of hydrogen-bond acceptors (Lipinski definition) is 3. The molecule has 1 amide bonds. The van der Waals surface area contributed by atoms with Crippen LogP contribution in [0.2, 0.25) is 0 Å². The van der Waals surface area contributed by atoms with Crippen molar-refractivity contribution in [2.45, 2.75) is 13.8 Å². The molecule has 0 fully saturated rings. The molecular formula is C15H17N3O. The van der Waals surface area contributed by atoms with Crippen LogP contribution in [-0.4, -0.2) is 17.9 Å². The summed E-state index contributed by atoms with van der Waals surface area (Å²) in [5.41, 5.74) is 9.25. The van der Waals surface area contributed by atoms with E-state index in [1.807, 2.05) is 26.0 Å². The van der Waals surface area contributed by atoms with E-state index in [2.05, 4.69) is 11.1 Å². The fourth-order valence-corrected chi connectivity index (χ4v) is 2.04. The van der Waals surface area contributed by atoms with Crippen molar-refractivity contribution >= 4 is 17.4 Å². The first-order chi connectivity index (χ1) is 8.99. The number of benzene rings is 1. The van der Waals surface area contributed by atoms with Gasteiger partial charge in [-0.1, -0.05) is 6.07 Å². The van der Waals surface area contributed by atoms with Crippen LogP contribution in [0.5, 0.6) is 0 Å². The van der Waals surface area contributed by atoms with Crippen LogP contribution in [0.1, 0.15) is 21.5 Å². The third-order valence-electron chi connectivity index (χ3n) is 2.97. The van der Waals surface area contributed by atoms with Gasteiger partial charge in [0.2, 0.25) is 0 Å². The van der Waals surface area contributed by atoms with E-state index in [0.29, 0.717) is 5.56 Å². The molecule has 4 heteroatoms. The summed E-state index contributed by atoms with van der Waals surface area (Å²) in [5.74, 6) is 0.0966. The van der Waals surface area contributed by atoms with Crippen LogP contribution in [0.15, 0.2) is 36.5 Å². The monoisotopic (exact) mass is 255 g/mol. The number of carbonyl (C=O) groups excluding carboxylic acids is 1. The van der Waals surface area contributed by atoms with Crippen molar-refractivity contribution in [2.24, 2.45) is 0 Å². The molecule has 0 atom stereocenters. The summed E-state index contributed by atoms with van der Waals surface area (Å²) in [6.45, 7) is 4.01. The standard InChI is InChI=1S/C15H17N3O/c1-10-7-11(2)9-12(8-10)18(3)15(19)13-5-4-6-17-14(13)16/h4-9H,1-3H3,(H2,16,17). The Balaban J connectivity index is 2.36. The fourth-order valence-electron chi connectivity index (χ4n) is 2.04. The van der Waals surface area contributed by atoms with Gasteiger partial charge in [-0.2, -0.15) is 0 Å². The Hall–Kier alpha value is -2.36. The Bertz CT molecular complexity index is 602. The van der Waals surface area contributed by atoms with Gasteiger partial charge in [-0.3, -0.25) is 4.79 Å². The van der Waals surface area contributed by atoms with E-state index in [-0.39, 0.29) is 11.7 Å². The van der Waals surface area contributed by atoms with Crippen molar-refractivity contribution in [2.75, 3.05) is 17.7 Å². The molecular weight excluding hydrogens is 238 g/mol. The van der Waals surface area contributed by atoms with Gasteiger partial charge in [0.15, 0.2) is 0 Å². The summed E-state index contributed by atoms with van der Waals surface area (Å²) < 4.78 is 0. The van der Waals surface area contributed by atoms with E-state index in [9.17, 15) is 4.79 Å². The molecule has 0 bridgehead atoms. The van der Waals surface area contributed by atoms with E-state index < -0.39 is 0 Å². The summed E-state index contributed by atoms with van der Waals surface area (Å²) in [6.07, 6.45) is 1.57. The number of aromatic nitrogens is 1. The van der Waals surface area contributed by atoms with Crippen LogP contribution in [-0.2, 0) is 0 Å². The Kier molecular flexibility index (Phi) is 3.51. The van der Waals surface area contributed by atoms with Gasteiger partial charge < -0.3 is 10.6 Å². The third kappa shape index (κ3) is 2.73. The lowest BCUT2D eigenvalue weighted by Gasteiger charge is -2.19. The van der Waals surface area contributed by atoms with Gasteiger partial charge in [-0.15, -0.1) is 0 Å². The highest BCUT2D eigenvalue weighted by Gasteiger charge is 2.16. The van der Waals surface area contributed by atoms with Crippen molar-refractivity contribution in [3.05, 3.63) is 53.2 Å². The first kappa shape index (κ1) is 13.1. The van der Waals surface area contributed by atoms with Gasteiger partial charge >= 0.3 is 0 Å². The van der Waals surface area contributed by atoms with Crippen molar-refractivity contribution in [3.8, 4) is 0 Å². The SMILES string of the molecule is Cc1cc(C)cc(N(C)C(=O)c2cccnc2N)c1. The van der Waals surface area contributed by atoms with Crippen LogP contribution in [0.3, 0.4) is 0 Å². The van der Waals surface area contributed by atoms with Gasteiger partial charge in [0.05, 0.1) is 5.56 Å². The van der Waals surface area contributed by atoms with Crippen molar-refractivity contribution < 1.29 is 4.79 Å². The third-order valence-corrected chi connectivity index (χ3v) is 2.97. The highest BCUT2D eigenvalue weighted by Crippen LogP contribution is 2.20. The number of aryl methyl sites for hydroxylation is 2. The molecule has 98 valence electrons. The minimum atomic E-state index is -0.157. The van der Waals surface area contributed by atoms with Crippen molar-refractivity contribution in [1.82, 2.24) is 4.98 Å². The molecule has 1 aromatic carbocycles. The predicted molar refractivity (Wildman–Crippen MR) is 77.3 cm³/mol. The van der Waals surface area contributed by atoms with Crippen LogP contribution >= 0.6 is 0 Å². The summed E-state index contributed by atoms with van der Waals surface area (Å²) in [7, 11) is 1.74. The highest BCUT2D eigenvalue weighted by atomic mass is 16.2. The maximum atomic E-state index is 12.4. The van der Waals surface area contributed by atoms with E-state index in [1.165, 1.54) is 0 Å². The number of pyridine rings is 1. The second-order valence-electron chi connectivity index (χ2n) is 4.65. The number of rotatable bonds is 2. The average molecular weight is 255 g/mol. The lowest BCUT2D eigenvalue weighted by atomic mass is 10.1. The van der Waals surface area contributed by atoms with Gasteiger partial charge in [-0.05, 0) is 49.2 Å². The fraction of sp³-hybridized carbons (Fsp3) is 0.200. The summed E-state index contributed by atoms with van der Waals surface area (Å²) in [5, 5.41) is 0. The number of anilines is 2. The minimum absolute atomic E-state index is 0.157. The Morgan fingerprint density at radius 1 is 1.21 bits per heavy atom. The van der Waals surface area contributed by atoms with Crippen LogP contribution in [0.4, 0.5) is 11.5 Å². The number of amides is 1. The molecule has 0 aliphatic carbocycles. The first-order valence-corrected chi connectivity index (χ1v) is 6.06. The molecule has 1 heterocycles. The Morgan fingerprint density at radius 2 is 1.84 bits per heavy atom. The summed E-state index contributed by atoms with van der Waals surface area (Å²) in [6, 6.07) is 9.40. The quantitative estimate of drug-likeness (QED) is 0.897. The minimum Gasteiger partial charge on any atom is -0.383 e. The lowest BCUT2D eigenvalue weighted by molar-refractivity contribution is 0.0993. The molecule has 2 aromatic rings. The first-order valence-electron chi connectivity index (χ1n) is 6.06. The van der Waals surface area contributed by atoms with Gasteiger partial charge in [0, 0.05) is 18.9 Å². The molecule has 0 unspecified atom stereocenters. The Morgan fingerprint density at radius 3 is 2.42 bits per heavy atom. The second-order valence-corrected chi connectivity index (χ2v) is 4.65. The molecule has 2 rings (SSSR count). The molecule has 0 saturated heterocycles. The normalized spacial score (nSPS) is 10.3. The molecule has 0 spiro atoms. The van der Waals surface area contributed by atoms with E-state index in [0.717, 1.165) is 16.8 Å². The average Bonchev–Trinajstić information content (AvgIpc) is 2.36. The summed E-state index contributed by atoms with van der Waals surface area (Å²) in [4.78, 5) is 17.9. The van der Waals surface area contributed by atoms with Crippen molar-refractivity contribution in [3.63, 3.8) is 0 Å². The molecule has 0 aliphatic rings. The molecule has 4 nitrogen and oxygen atoms in total. The van der Waals surface area contributed by atoms with E-state index >= 15 is 0 Å². The van der Waals surface area contributed by atoms with Crippen molar-refractivity contribution in [1.29, 1.82) is 0 Å². The maximum Gasteiger partial charge on any atom is 0.261 e. The van der Waals surface area contributed by atoms with Gasteiger partial charge in [0.25, 0.3) is 5.91 Å². The summed E-state index contributed by atoms with van der Waals surface area (Å²) >= 11 is 0. The smallest absolute Gasteiger partial charge is 0.261 e. The molecule has 1 aromatic heterocycles. The maximum absolute atomic E-state index is 12.4. The Labute approximate surface area is 112 Å². The number of hydrogen-bond donors (Lipinski definition) is 1. The zero-order chi connectivity index (χ0) is 14.0. The number of nitrogens with zero attached hydrogens (tertiary/aromatic N) is 2. The zero-order valence-electron chi connectivity index (χ0n) is 11.3. The lowest BCUT2D eigenvalue weighted by Crippen LogP contribution is -2.27. The zero-order valence-corrected chi connectivity index (χ0v) is 11.3.